The number of hydrogen-bond donors (Lipinski definition) is 0. The van der Waals surface area contributed by atoms with Crippen LogP contribution in [0.25, 0.3) is 6.08 Å². The van der Waals surface area contributed by atoms with E-state index in [1.807, 2.05) is 0 Å². The van der Waals surface area contributed by atoms with E-state index in [0.717, 1.165) is 4.47 Å². The first kappa shape index (κ1) is 9.53. The second kappa shape index (κ2) is 4.46. The molecule has 0 bridgehead atoms. The summed E-state index contributed by atoms with van der Waals surface area (Å²) in [6, 6.07) is 8.31. The Kier molecular flexibility index (Phi) is 3.54. The Morgan fingerprint density at radius 1 is 1.17 bits per heavy atom. The van der Waals surface area contributed by atoms with Gasteiger partial charge in [0.15, 0.2) is 0 Å². The summed E-state index contributed by atoms with van der Waals surface area (Å²) < 4.78 is 1.13. The summed E-state index contributed by atoms with van der Waals surface area (Å²) in [7, 11) is 0. The van der Waals surface area contributed by atoms with Gasteiger partial charge < -0.3 is 0 Å². The van der Waals surface area contributed by atoms with Gasteiger partial charge in [-0.25, -0.2) is 0 Å². The normalized spacial score (nSPS) is 11.3. The zero-order valence-corrected chi connectivity index (χ0v) is 9.01. The molecular weight excluding hydrogens is 212 g/mol. The molecule has 1 aromatic carbocycles. The molecule has 0 saturated carbocycles. The van der Waals surface area contributed by atoms with Crippen molar-refractivity contribution in [1.29, 1.82) is 0 Å². The predicted molar refractivity (Wildman–Crippen MR) is 58.0 cm³/mol. The van der Waals surface area contributed by atoms with Crippen molar-refractivity contribution in [2.24, 2.45) is 5.92 Å². The fourth-order valence-corrected chi connectivity index (χ4v) is 1.14. The molecule has 0 amide bonds. The van der Waals surface area contributed by atoms with E-state index in [2.05, 4.69) is 66.2 Å². The highest BCUT2D eigenvalue weighted by Crippen LogP contribution is 2.12. The maximum atomic E-state index is 3.40. The lowest BCUT2D eigenvalue weighted by Crippen LogP contribution is -1.77. The fraction of sp³-hybridized carbons (Fsp3) is 0.273. The maximum absolute atomic E-state index is 3.40. The Balaban J connectivity index is 2.71. The van der Waals surface area contributed by atoms with Gasteiger partial charge in [0.25, 0.3) is 0 Å². The van der Waals surface area contributed by atoms with Gasteiger partial charge in [-0.1, -0.05) is 54.1 Å². The van der Waals surface area contributed by atoms with Gasteiger partial charge in [0.05, 0.1) is 0 Å². The number of halogens is 1. The van der Waals surface area contributed by atoms with Gasteiger partial charge in [-0.3, -0.25) is 0 Å². The quantitative estimate of drug-likeness (QED) is 0.710. The monoisotopic (exact) mass is 224 g/mol. The topological polar surface area (TPSA) is 0 Å². The summed E-state index contributed by atoms with van der Waals surface area (Å²) in [6.45, 7) is 4.35. The average Bonchev–Trinajstić information content (AvgIpc) is 2.03. The molecule has 0 atom stereocenters. The van der Waals surface area contributed by atoms with Crippen LogP contribution in [0.4, 0.5) is 0 Å². The minimum absolute atomic E-state index is 0.619. The zero-order chi connectivity index (χ0) is 8.97. The maximum Gasteiger partial charge on any atom is 0.0175 e. The van der Waals surface area contributed by atoms with Crippen molar-refractivity contribution in [3.8, 4) is 0 Å². The van der Waals surface area contributed by atoms with E-state index < -0.39 is 0 Å². The number of benzene rings is 1. The molecule has 0 heterocycles. The second-order valence-electron chi connectivity index (χ2n) is 3.15. The first-order chi connectivity index (χ1) is 5.68. The lowest BCUT2D eigenvalue weighted by atomic mass is 10.1. The van der Waals surface area contributed by atoms with E-state index in [1.54, 1.807) is 0 Å². The van der Waals surface area contributed by atoms with E-state index in [1.165, 1.54) is 5.56 Å². The van der Waals surface area contributed by atoms with Crippen LogP contribution in [-0.4, -0.2) is 0 Å². The zero-order valence-electron chi connectivity index (χ0n) is 7.42. The average molecular weight is 225 g/mol. The third kappa shape index (κ3) is 3.22. The SMILES string of the molecule is CC(C)/C=C/c1ccc(Br)cc1. The summed E-state index contributed by atoms with van der Waals surface area (Å²) in [6.07, 6.45) is 4.35. The Bertz CT molecular complexity index is 257. The molecule has 0 fully saturated rings. The molecule has 0 spiro atoms. The molecule has 1 rings (SSSR count). The standard InChI is InChI=1S/C11H13Br/c1-9(2)3-4-10-5-7-11(12)8-6-10/h3-9H,1-2H3/b4-3+. The van der Waals surface area contributed by atoms with Gasteiger partial charge >= 0.3 is 0 Å². The van der Waals surface area contributed by atoms with Crippen LogP contribution in [0.3, 0.4) is 0 Å². The Morgan fingerprint density at radius 3 is 2.25 bits per heavy atom. The van der Waals surface area contributed by atoms with Crippen LogP contribution < -0.4 is 0 Å². The first-order valence-electron chi connectivity index (χ1n) is 4.12. The third-order valence-corrected chi connectivity index (χ3v) is 2.07. The molecule has 0 unspecified atom stereocenters. The Hall–Kier alpha value is -0.560. The van der Waals surface area contributed by atoms with Gasteiger partial charge in [0, 0.05) is 4.47 Å². The minimum Gasteiger partial charge on any atom is -0.0814 e. The highest BCUT2D eigenvalue weighted by Gasteiger charge is 1.88. The Morgan fingerprint density at radius 2 is 1.75 bits per heavy atom. The molecular formula is C11H13Br. The van der Waals surface area contributed by atoms with E-state index >= 15 is 0 Å². The van der Waals surface area contributed by atoms with Crippen LogP contribution in [0.5, 0.6) is 0 Å². The molecule has 12 heavy (non-hydrogen) atoms. The second-order valence-corrected chi connectivity index (χ2v) is 4.07. The van der Waals surface area contributed by atoms with Gasteiger partial charge in [0.2, 0.25) is 0 Å². The van der Waals surface area contributed by atoms with Crippen LogP contribution >= 0.6 is 15.9 Å². The van der Waals surface area contributed by atoms with Crippen molar-refractivity contribution >= 4 is 22.0 Å². The van der Waals surface area contributed by atoms with Crippen LogP contribution in [0, 0.1) is 5.92 Å². The summed E-state index contributed by atoms with van der Waals surface area (Å²) in [5, 5.41) is 0. The molecule has 0 aromatic heterocycles. The molecule has 0 aliphatic rings. The van der Waals surface area contributed by atoms with E-state index in [9.17, 15) is 0 Å². The lowest BCUT2D eigenvalue weighted by Gasteiger charge is -1.95. The van der Waals surface area contributed by atoms with Crippen molar-refractivity contribution < 1.29 is 0 Å². The largest absolute Gasteiger partial charge is 0.0814 e. The molecule has 0 N–H and O–H groups in total. The van der Waals surface area contributed by atoms with Crippen molar-refractivity contribution in [2.45, 2.75) is 13.8 Å². The van der Waals surface area contributed by atoms with Crippen molar-refractivity contribution in [3.05, 3.63) is 40.4 Å². The predicted octanol–water partition coefficient (Wildman–Crippen LogP) is 4.12. The van der Waals surface area contributed by atoms with E-state index in [4.69, 9.17) is 0 Å². The molecule has 0 saturated heterocycles. The van der Waals surface area contributed by atoms with Crippen molar-refractivity contribution in [1.82, 2.24) is 0 Å². The number of rotatable bonds is 2. The highest BCUT2D eigenvalue weighted by atomic mass is 79.9. The molecule has 0 aliphatic carbocycles. The van der Waals surface area contributed by atoms with Gasteiger partial charge in [-0.15, -0.1) is 0 Å². The molecule has 1 heteroatoms. The summed E-state index contributed by atoms with van der Waals surface area (Å²) >= 11 is 3.40. The number of hydrogen-bond acceptors (Lipinski definition) is 0. The van der Waals surface area contributed by atoms with Gasteiger partial charge in [-0.2, -0.15) is 0 Å². The van der Waals surface area contributed by atoms with Gasteiger partial charge in [0.1, 0.15) is 0 Å². The smallest absolute Gasteiger partial charge is 0.0175 e. The van der Waals surface area contributed by atoms with Crippen molar-refractivity contribution in [2.75, 3.05) is 0 Å². The van der Waals surface area contributed by atoms with Crippen molar-refractivity contribution in [3.63, 3.8) is 0 Å². The lowest BCUT2D eigenvalue weighted by molar-refractivity contribution is 0.836. The molecule has 0 radical (unpaired) electrons. The van der Waals surface area contributed by atoms with E-state index in [0.29, 0.717) is 5.92 Å². The Labute approximate surface area is 82.4 Å². The minimum atomic E-state index is 0.619. The molecule has 0 aliphatic heterocycles. The van der Waals surface area contributed by atoms with Crippen LogP contribution in [0.15, 0.2) is 34.8 Å². The number of allylic oxidation sites excluding steroid dienone is 1. The molecule has 1 aromatic rings. The highest BCUT2D eigenvalue weighted by molar-refractivity contribution is 9.10. The summed E-state index contributed by atoms with van der Waals surface area (Å²) in [5.41, 5.74) is 1.26. The summed E-state index contributed by atoms with van der Waals surface area (Å²) in [4.78, 5) is 0. The fourth-order valence-electron chi connectivity index (χ4n) is 0.877. The third-order valence-electron chi connectivity index (χ3n) is 1.54. The molecule has 0 nitrogen and oxygen atoms in total. The van der Waals surface area contributed by atoms with Crippen LogP contribution in [0.1, 0.15) is 19.4 Å². The molecule has 64 valence electrons. The van der Waals surface area contributed by atoms with Crippen LogP contribution in [0.2, 0.25) is 0 Å². The van der Waals surface area contributed by atoms with E-state index in [-0.39, 0.29) is 0 Å². The first-order valence-corrected chi connectivity index (χ1v) is 4.91. The summed E-state index contributed by atoms with van der Waals surface area (Å²) in [5.74, 6) is 0.619. The van der Waals surface area contributed by atoms with Crippen LogP contribution in [-0.2, 0) is 0 Å². The van der Waals surface area contributed by atoms with Gasteiger partial charge in [-0.05, 0) is 23.6 Å².